The number of para-hydroxylation sites is 1. The monoisotopic (exact) mass is 437 g/mol. The van der Waals surface area contributed by atoms with Crippen molar-refractivity contribution in [2.75, 3.05) is 26.2 Å². The van der Waals surface area contributed by atoms with Crippen LogP contribution in [-0.4, -0.2) is 77.6 Å². The van der Waals surface area contributed by atoms with Crippen LogP contribution in [0.2, 0.25) is 0 Å². The number of hydrogen-bond acceptors (Lipinski definition) is 7. The minimum Gasteiger partial charge on any atom is -0.489 e. The van der Waals surface area contributed by atoms with Crippen molar-refractivity contribution in [3.8, 4) is 5.75 Å². The van der Waals surface area contributed by atoms with Gasteiger partial charge in [0.05, 0.1) is 5.92 Å². The van der Waals surface area contributed by atoms with E-state index in [-0.39, 0.29) is 18.1 Å². The molecule has 4 atom stereocenters. The minimum atomic E-state index is -0.811. The highest BCUT2D eigenvalue weighted by Crippen LogP contribution is 2.16. The lowest BCUT2D eigenvalue weighted by atomic mass is 10.1. The van der Waals surface area contributed by atoms with Crippen LogP contribution in [0.4, 0.5) is 0 Å². The normalized spacial score (nSPS) is 26.7. The van der Waals surface area contributed by atoms with Crippen molar-refractivity contribution < 1.29 is 34.4 Å². The van der Waals surface area contributed by atoms with Gasteiger partial charge < -0.3 is 36.0 Å². The molecule has 1 aromatic carbocycles. The van der Waals surface area contributed by atoms with Gasteiger partial charge in [-0.15, -0.1) is 0 Å². The number of nitrogens with one attached hydrogen (secondary N) is 3. The molecular weight excluding hydrogens is 406 g/mol. The first kappa shape index (κ1) is 24.6. The molecule has 0 saturated carbocycles. The molecule has 0 aliphatic carbocycles. The first-order valence-electron chi connectivity index (χ1n) is 10.4. The second-order valence-corrected chi connectivity index (χ2v) is 7.60. The number of carboxylic acids is 3. The lowest BCUT2D eigenvalue weighted by Gasteiger charge is -2.11. The van der Waals surface area contributed by atoms with E-state index in [0.29, 0.717) is 19.5 Å². The topological polar surface area (TPSA) is 157 Å². The Labute approximate surface area is 181 Å². The molecule has 3 aliphatic heterocycles. The van der Waals surface area contributed by atoms with E-state index >= 15 is 0 Å². The zero-order chi connectivity index (χ0) is 22.6. The van der Waals surface area contributed by atoms with E-state index in [1.165, 1.54) is 0 Å². The summed E-state index contributed by atoms with van der Waals surface area (Å²) >= 11 is 0. The first-order chi connectivity index (χ1) is 14.9. The van der Waals surface area contributed by atoms with Gasteiger partial charge in [0.2, 0.25) is 0 Å². The van der Waals surface area contributed by atoms with Crippen LogP contribution in [0.1, 0.15) is 25.7 Å². The van der Waals surface area contributed by atoms with Crippen molar-refractivity contribution in [1.82, 2.24) is 16.0 Å². The van der Waals surface area contributed by atoms with Gasteiger partial charge in [0.1, 0.15) is 23.9 Å². The number of hydrogen-bond donors (Lipinski definition) is 6. The molecule has 172 valence electrons. The number of ether oxygens (including phenoxy) is 1. The second kappa shape index (κ2) is 12.9. The number of rotatable bonds is 5. The SMILES string of the molecule is O=C(O)C1CCCN1.O=C(O)[C@@H]1C[C@@H](Oc2ccccc2)CN1.O=C(O)[C@H]1CCNC1. The van der Waals surface area contributed by atoms with E-state index in [0.717, 1.165) is 38.1 Å². The number of carboxylic acid groups (broad SMARTS) is 3. The zero-order valence-electron chi connectivity index (χ0n) is 17.3. The van der Waals surface area contributed by atoms with Gasteiger partial charge in [-0.25, -0.2) is 0 Å². The van der Waals surface area contributed by atoms with Crippen LogP contribution < -0.4 is 20.7 Å². The maximum Gasteiger partial charge on any atom is 0.320 e. The molecule has 4 rings (SSSR count). The Hall–Kier alpha value is -2.69. The number of aliphatic carboxylic acids is 3. The molecule has 3 heterocycles. The van der Waals surface area contributed by atoms with Crippen molar-refractivity contribution in [1.29, 1.82) is 0 Å². The summed E-state index contributed by atoms with van der Waals surface area (Å²) in [5, 5.41) is 34.2. The number of benzene rings is 1. The standard InChI is InChI=1S/C11H13NO3.2C5H9NO2/c13-11(14)10-6-9(7-12-10)15-8-4-2-1-3-5-8;7-5(8)4-1-2-6-3-4;7-5(8)4-2-1-3-6-4/h1-5,9-10,12H,6-7H2,(H,13,14);2*4,6H,1-3H2,(H,7,8)/t9-,10+;4-;/m10./s1. The molecule has 1 unspecified atom stereocenters. The molecule has 3 saturated heterocycles. The van der Waals surface area contributed by atoms with Crippen LogP contribution >= 0.6 is 0 Å². The Morgan fingerprint density at radius 1 is 0.839 bits per heavy atom. The minimum absolute atomic E-state index is 0.0477. The zero-order valence-corrected chi connectivity index (χ0v) is 17.3. The second-order valence-electron chi connectivity index (χ2n) is 7.60. The maximum absolute atomic E-state index is 10.7. The highest BCUT2D eigenvalue weighted by Gasteiger charge is 2.30. The third-order valence-corrected chi connectivity index (χ3v) is 5.20. The van der Waals surface area contributed by atoms with E-state index in [1.807, 2.05) is 30.3 Å². The fraction of sp³-hybridized carbons (Fsp3) is 0.571. The van der Waals surface area contributed by atoms with E-state index < -0.39 is 23.9 Å². The molecule has 0 spiro atoms. The van der Waals surface area contributed by atoms with Crippen LogP contribution in [0.15, 0.2) is 30.3 Å². The smallest absolute Gasteiger partial charge is 0.320 e. The fourth-order valence-electron chi connectivity index (χ4n) is 3.43. The lowest BCUT2D eigenvalue weighted by molar-refractivity contribution is -0.141. The molecule has 31 heavy (non-hydrogen) atoms. The molecule has 3 aliphatic rings. The molecule has 0 bridgehead atoms. The summed E-state index contributed by atoms with van der Waals surface area (Å²) in [6.07, 6.45) is 3.04. The first-order valence-corrected chi connectivity index (χ1v) is 10.4. The molecular formula is C21H31N3O7. The van der Waals surface area contributed by atoms with E-state index in [4.69, 9.17) is 20.1 Å². The van der Waals surface area contributed by atoms with Crippen molar-refractivity contribution in [2.24, 2.45) is 5.92 Å². The van der Waals surface area contributed by atoms with Crippen molar-refractivity contribution in [3.63, 3.8) is 0 Å². The van der Waals surface area contributed by atoms with Gasteiger partial charge in [-0.1, -0.05) is 18.2 Å². The highest BCUT2D eigenvalue weighted by atomic mass is 16.5. The Morgan fingerprint density at radius 2 is 1.55 bits per heavy atom. The molecule has 0 radical (unpaired) electrons. The van der Waals surface area contributed by atoms with Gasteiger partial charge in [-0.2, -0.15) is 0 Å². The largest absolute Gasteiger partial charge is 0.489 e. The van der Waals surface area contributed by atoms with Gasteiger partial charge >= 0.3 is 17.9 Å². The summed E-state index contributed by atoms with van der Waals surface area (Å²) in [4.78, 5) is 31.0. The maximum atomic E-state index is 10.7. The predicted molar refractivity (Wildman–Crippen MR) is 112 cm³/mol. The van der Waals surface area contributed by atoms with Crippen LogP contribution in [0.3, 0.4) is 0 Å². The quantitative estimate of drug-likeness (QED) is 0.380. The van der Waals surface area contributed by atoms with E-state index in [1.54, 1.807) is 0 Å². The Balaban J connectivity index is 0.000000181. The molecule has 1 aromatic rings. The van der Waals surface area contributed by atoms with Gasteiger partial charge in [0, 0.05) is 19.5 Å². The lowest BCUT2D eigenvalue weighted by Crippen LogP contribution is -2.30. The molecule has 3 fully saturated rings. The van der Waals surface area contributed by atoms with Gasteiger partial charge in [0.15, 0.2) is 0 Å². The predicted octanol–water partition coefficient (Wildman–Crippen LogP) is 0.384. The molecule has 10 heteroatoms. The Bertz CT molecular complexity index is 678. The van der Waals surface area contributed by atoms with Crippen molar-refractivity contribution in [3.05, 3.63) is 30.3 Å². The van der Waals surface area contributed by atoms with Gasteiger partial charge in [-0.05, 0) is 44.5 Å². The summed E-state index contributed by atoms with van der Waals surface area (Å²) in [6.45, 7) is 2.95. The molecule has 0 aromatic heterocycles. The third kappa shape index (κ3) is 8.91. The van der Waals surface area contributed by atoms with Crippen molar-refractivity contribution in [2.45, 2.75) is 43.9 Å². The number of carbonyl (C=O) groups is 3. The van der Waals surface area contributed by atoms with E-state index in [2.05, 4.69) is 16.0 Å². The molecule has 6 N–H and O–H groups in total. The van der Waals surface area contributed by atoms with Crippen LogP contribution in [0.25, 0.3) is 0 Å². The van der Waals surface area contributed by atoms with Gasteiger partial charge in [0.25, 0.3) is 0 Å². The average molecular weight is 437 g/mol. The third-order valence-electron chi connectivity index (χ3n) is 5.20. The Morgan fingerprint density at radius 3 is 1.97 bits per heavy atom. The molecule has 0 amide bonds. The molecule has 10 nitrogen and oxygen atoms in total. The van der Waals surface area contributed by atoms with Crippen molar-refractivity contribution >= 4 is 17.9 Å². The summed E-state index contributed by atoms with van der Waals surface area (Å²) in [5.74, 6) is -1.54. The summed E-state index contributed by atoms with van der Waals surface area (Å²) < 4.78 is 5.63. The van der Waals surface area contributed by atoms with E-state index in [9.17, 15) is 14.4 Å². The summed E-state index contributed by atoms with van der Waals surface area (Å²) in [6, 6.07) is 8.70. The average Bonchev–Trinajstić information content (AvgIpc) is 3.51. The van der Waals surface area contributed by atoms with Crippen LogP contribution in [0.5, 0.6) is 5.75 Å². The Kier molecular flexibility index (Phi) is 10.2. The van der Waals surface area contributed by atoms with Crippen LogP contribution in [-0.2, 0) is 14.4 Å². The van der Waals surface area contributed by atoms with Crippen LogP contribution in [0, 0.1) is 5.92 Å². The van der Waals surface area contributed by atoms with Gasteiger partial charge in [-0.3, -0.25) is 14.4 Å². The summed E-state index contributed by atoms with van der Waals surface area (Å²) in [5.41, 5.74) is 0. The fourth-order valence-corrected chi connectivity index (χ4v) is 3.43. The highest BCUT2D eigenvalue weighted by molar-refractivity contribution is 5.74. The summed E-state index contributed by atoms with van der Waals surface area (Å²) in [7, 11) is 0.